The summed E-state index contributed by atoms with van der Waals surface area (Å²) in [6.45, 7) is 9.22. The summed E-state index contributed by atoms with van der Waals surface area (Å²) in [5.41, 5.74) is 2.12. The number of carbonyl (C=O) groups excluding carboxylic acids is 3. The number of nitrogens with one attached hydrogen (secondary N) is 1. The Hall–Kier alpha value is -4.59. The Balaban J connectivity index is 1.30. The number of amides is 1. The molecule has 60 heavy (non-hydrogen) atoms. The van der Waals surface area contributed by atoms with Crippen LogP contribution in [0.3, 0.4) is 0 Å². The molecule has 13 nitrogen and oxygen atoms in total. The molecule has 1 spiro atoms. The first-order valence-electron chi connectivity index (χ1n) is 21.8. The minimum atomic E-state index is -1.38. The summed E-state index contributed by atoms with van der Waals surface area (Å²) in [4.78, 5) is 53.9. The second-order valence-electron chi connectivity index (χ2n) is 18.7. The van der Waals surface area contributed by atoms with Crippen LogP contribution in [0.2, 0.25) is 0 Å². The molecule has 322 valence electrons. The maximum absolute atomic E-state index is 15.4. The minimum absolute atomic E-state index is 0.0872. The highest BCUT2D eigenvalue weighted by molar-refractivity contribution is 5.94. The van der Waals surface area contributed by atoms with Crippen LogP contribution in [0.5, 0.6) is 5.75 Å². The lowest BCUT2D eigenvalue weighted by Gasteiger charge is -2.60. The summed E-state index contributed by atoms with van der Waals surface area (Å²) in [6, 6.07) is 12.0. The normalized spacial score (nSPS) is 35.2. The molecule has 8 unspecified atom stereocenters. The van der Waals surface area contributed by atoms with E-state index in [0.29, 0.717) is 56.5 Å². The van der Waals surface area contributed by atoms with Crippen molar-refractivity contribution >= 4 is 34.6 Å². The summed E-state index contributed by atoms with van der Waals surface area (Å²) < 4.78 is 25.0. The van der Waals surface area contributed by atoms with Gasteiger partial charge in [0.1, 0.15) is 29.0 Å². The number of H-pyrrole nitrogens is 1. The van der Waals surface area contributed by atoms with E-state index in [0.717, 1.165) is 59.5 Å². The van der Waals surface area contributed by atoms with E-state index in [4.69, 9.17) is 18.9 Å². The zero-order valence-corrected chi connectivity index (χ0v) is 36.4. The Morgan fingerprint density at radius 3 is 2.52 bits per heavy atom. The largest absolute Gasteiger partial charge is 0.496 e. The second kappa shape index (κ2) is 14.5. The molecule has 2 saturated heterocycles. The van der Waals surface area contributed by atoms with Crippen molar-refractivity contribution in [3.63, 3.8) is 0 Å². The van der Waals surface area contributed by atoms with Gasteiger partial charge in [0, 0.05) is 105 Å². The second-order valence-corrected chi connectivity index (χ2v) is 18.7. The highest BCUT2D eigenvalue weighted by atomic mass is 16.6. The predicted octanol–water partition coefficient (Wildman–Crippen LogP) is 5.15. The highest BCUT2D eigenvalue weighted by Crippen LogP contribution is 2.66. The van der Waals surface area contributed by atoms with Gasteiger partial charge < -0.3 is 38.8 Å². The summed E-state index contributed by atoms with van der Waals surface area (Å²) in [7, 11) is 8.56. The fraction of sp³-hybridized carbons (Fsp3) is 0.596. The third-order valence-electron chi connectivity index (χ3n) is 15.7. The number of ether oxygens (including phenoxy) is 4. The number of aliphatic hydroxyl groups is 1. The molecule has 6 aliphatic rings. The van der Waals surface area contributed by atoms with Crippen LogP contribution in [0.4, 0.5) is 10.5 Å². The molecule has 2 aromatic carbocycles. The first kappa shape index (κ1) is 40.8. The van der Waals surface area contributed by atoms with E-state index >= 15 is 4.79 Å². The zero-order valence-electron chi connectivity index (χ0n) is 36.4. The number of methoxy groups -OCH3 is 2. The summed E-state index contributed by atoms with van der Waals surface area (Å²) in [5.74, 6) is -0.347. The first-order chi connectivity index (χ1) is 28.7. The standard InChI is InChI=1S/C47H61N5O8/c1-9-44(60-43(56)49(4)5)24-29-25-47(42(55)58-8,38-31(16-20-51(26-29)27-44)30-14-11-12-15-34(30)48-38)33-22-32-35(23-36(33)57-7)50(6)39-37(54)40(59-28(3)53)45(10-2)17-13-19-52-21-18-46(32,39)41(45)52/h11-15,17,22-23,29,37,39-41,48,54H,9-10,16,18-21,24-27H2,1-8H3/t29?,37?,39?,40?,41?,44?,45-,46?,47-/m0/s1. The van der Waals surface area contributed by atoms with Gasteiger partial charge in [0.2, 0.25) is 0 Å². The Bertz CT molecular complexity index is 2260. The fourth-order valence-electron chi connectivity index (χ4n) is 13.4. The number of hydrogen-bond donors (Lipinski definition) is 2. The number of para-hydroxylation sites is 1. The molecule has 2 bridgehead atoms. The van der Waals surface area contributed by atoms with E-state index in [1.54, 1.807) is 21.2 Å². The fourth-order valence-corrected chi connectivity index (χ4v) is 13.4. The molecule has 6 heterocycles. The third-order valence-corrected chi connectivity index (χ3v) is 15.7. The van der Waals surface area contributed by atoms with E-state index < -0.39 is 52.0 Å². The zero-order chi connectivity index (χ0) is 42.5. The number of aliphatic hydroxyl groups excluding tert-OH is 1. The van der Waals surface area contributed by atoms with Gasteiger partial charge in [-0.05, 0) is 74.2 Å². The lowest BCUT2D eigenvalue weighted by Crippen LogP contribution is -2.74. The van der Waals surface area contributed by atoms with Crippen molar-refractivity contribution in [2.24, 2.45) is 11.3 Å². The molecule has 0 radical (unpaired) electrons. The van der Waals surface area contributed by atoms with Crippen molar-refractivity contribution in [3.8, 4) is 5.75 Å². The topological polar surface area (TPSA) is 137 Å². The van der Waals surface area contributed by atoms with Crippen LogP contribution in [-0.2, 0) is 41.1 Å². The van der Waals surface area contributed by atoms with Gasteiger partial charge in [0.15, 0.2) is 0 Å². The van der Waals surface area contributed by atoms with Crippen molar-refractivity contribution in [2.75, 3.05) is 73.0 Å². The average Bonchev–Trinajstić information content (AvgIpc) is 3.90. The van der Waals surface area contributed by atoms with Crippen molar-refractivity contribution in [2.45, 2.75) is 100 Å². The maximum Gasteiger partial charge on any atom is 0.409 e. The number of piperidine rings is 1. The van der Waals surface area contributed by atoms with Crippen LogP contribution < -0.4 is 9.64 Å². The number of hydrogen-bond acceptors (Lipinski definition) is 11. The monoisotopic (exact) mass is 823 g/mol. The summed E-state index contributed by atoms with van der Waals surface area (Å²) in [6.07, 6.45) is 5.90. The average molecular weight is 824 g/mol. The van der Waals surface area contributed by atoms with Gasteiger partial charge in [0.25, 0.3) is 0 Å². The number of aromatic amines is 1. The van der Waals surface area contributed by atoms with E-state index in [-0.39, 0.29) is 18.1 Å². The van der Waals surface area contributed by atoms with Crippen LogP contribution >= 0.6 is 0 Å². The van der Waals surface area contributed by atoms with E-state index in [1.165, 1.54) is 18.9 Å². The maximum atomic E-state index is 15.4. The third kappa shape index (κ3) is 5.56. The van der Waals surface area contributed by atoms with Crippen LogP contribution in [0.15, 0.2) is 48.6 Å². The molecule has 1 aromatic heterocycles. The molecule has 3 fully saturated rings. The number of carbonyl (C=O) groups is 3. The molecule has 10 atom stereocenters. The molecular formula is C47H61N5O8. The van der Waals surface area contributed by atoms with Gasteiger partial charge in [-0.3, -0.25) is 19.4 Å². The molecule has 1 amide bonds. The van der Waals surface area contributed by atoms with Gasteiger partial charge in [-0.2, -0.15) is 0 Å². The smallest absolute Gasteiger partial charge is 0.409 e. The SMILES string of the molecule is CCC1(OC(=O)N(C)C)CC2CN(CCc3c([nH]c4ccccc34)[C@@](C(=O)OC)(c3cc4c(cc3OC)N(C)C3C(O)C(OC(C)=O)[C@]5(CC)C=CCN6CCC43C65)C2)C1. The number of esters is 2. The van der Waals surface area contributed by atoms with E-state index in [9.17, 15) is 14.7 Å². The predicted molar refractivity (Wildman–Crippen MR) is 227 cm³/mol. The van der Waals surface area contributed by atoms with Gasteiger partial charge >= 0.3 is 18.0 Å². The molecule has 3 aromatic rings. The van der Waals surface area contributed by atoms with Gasteiger partial charge in [-0.1, -0.05) is 44.2 Å². The van der Waals surface area contributed by atoms with E-state index in [1.807, 2.05) is 19.2 Å². The van der Waals surface area contributed by atoms with Crippen LogP contribution in [0, 0.1) is 11.3 Å². The van der Waals surface area contributed by atoms with Crippen molar-refractivity contribution < 1.29 is 38.4 Å². The minimum Gasteiger partial charge on any atom is -0.496 e. The van der Waals surface area contributed by atoms with E-state index in [2.05, 4.69) is 69.9 Å². The number of rotatable bonds is 7. The van der Waals surface area contributed by atoms with Crippen molar-refractivity contribution in [1.29, 1.82) is 0 Å². The number of fused-ring (bicyclic) bond motifs is 6. The molecule has 5 aliphatic heterocycles. The molecular weight excluding hydrogens is 763 g/mol. The Morgan fingerprint density at radius 1 is 1.03 bits per heavy atom. The molecule has 2 N–H and O–H groups in total. The number of likely N-dealkylation sites (N-methyl/N-ethyl adjacent to an activating group) is 1. The molecule has 9 rings (SSSR count). The van der Waals surface area contributed by atoms with Crippen LogP contribution in [0.1, 0.15) is 75.3 Å². The Kier molecular flexibility index (Phi) is 9.87. The van der Waals surface area contributed by atoms with Crippen LogP contribution in [0.25, 0.3) is 10.9 Å². The Labute approximate surface area is 352 Å². The summed E-state index contributed by atoms with van der Waals surface area (Å²) in [5, 5.41) is 13.7. The highest BCUT2D eigenvalue weighted by Gasteiger charge is 2.73. The number of nitrogens with zero attached hydrogens (tertiary/aromatic N) is 4. The molecule has 13 heteroatoms. The quantitative estimate of drug-likeness (QED) is 0.186. The Morgan fingerprint density at radius 2 is 1.82 bits per heavy atom. The van der Waals surface area contributed by atoms with Gasteiger partial charge in [0.05, 0.1) is 20.3 Å². The lowest BCUT2D eigenvalue weighted by molar-refractivity contribution is -0.184. The molecule has 1 aliphatic carbocycles. The lowest BCUT2D eigenvalue weighted by atomic mass is 9.51. The van der Waals surface area contributed by atoms with Crippen molar-refractivity contribution in [3.05, 3.63) is 70.9 Å². The number of anilines is 1. The van der Waals surface area contributed by atoms with Gasteiger partial charge in [-0.25, -0.2) is 4.79 Å². The van der Waals surface area contributed by atoms with Crippen molar-refractivity contribution in [1.82, 2.24) is 19.7 Å². The number of benzene rings is 2. The van der Waals surface area contributed by atoms with Crippen LogP contribution in [-0.4, -0.2) is 141 Å². The summed E-state index contributed by atoms with van der Waals surface area (Å²) >= 11 is 0. The van der Waals surface area contributed by atoms with Gasteiger partial charge in [-0.15, -0.1) is 0 Å². The first-order valence-corrected chi connectivity index (χ1v) is 21.8. The number of aromatic nitrogens is 1. The molecule has 1 saturated carbocycles.